The molecule has 4 nitrogen and oxygen atoms in total. The number of pyridine rings is 1. The van der Waals surface area contributed by atoms with E-state index in [-0.39, 0.29) is 0 Å². The first-order valence-corrected chi connectivity index (χ1v) is 7.49. The van der Waals surface area contributed by atoms with Gasteiger partial charge >= 0.3 is 0 Å². The minimum absolute atomic E-state index is 0.615. The monoisotopic (exact) mass is 288 g/mol. The molecule has 0 atom stereocenters. The summed E-state index contributed by atoms with van der Waals surface area (Å²) in [5.74, 6) is 0. The molecule has 0 radical (unpaired) electrons. The molecule has 0 aliphatic rings. The molecule has 0 unspecified atom stereocenters. The van der Waals surface area contributed by atoms with E-state index < -0.39 is 0 Å². The molecule has 0 bridgehead atoms. The number of para-hydroxylation sites is 1. The second-order valence-electron chi connectivity index (χ2n) is 3.99. The summed E-state index contributed by atoms with van der Waals surface area (Å²) in [6.45, 7) is 0.615. The van der Waals surface area contributed by atoms with Crippen LogP contribution in [0.15, 0.2) is 46.0 Å². The Bertz CT molecular complexity index is 682. The van der Waals surface area contributed by atoms with Crippen LogP contribution in [-0.2, 0) is 6.42 Å². The molecule has 2 aromatic heterocycles. The third-order valence-corrected chi connectivity index (χ3v) is 4.46. The molecule has 2 N–H and O–H groups in total. The van der Waals surface area contributed by atoms with Crippen molar-refractivity contribution in [3.8, 4) is 0 Å². The minimum atomic E-state index is 0.615. The topological polar surface area (TPSA) is 64.7 Å². The van der Waals surface area contributed by atoms with Gasteiger partial charge < -0.3 is 5.73 Å². The molecule has 2 heterocycles. The van der Waals surface area contributed by atoms with E-state index in [1.165, 1.54) is 17.1 Å². The van der Waals surface area contributed by atoms with Crippen molar-refractivity contribution in [3.05, 3.63) is 42.2 Å². The molecule has 6 heteroatoms. The van der Waals surface area contributed by atoms with Gasteiger partial charge in [-0.3, -0.25) is 0 Å². The van der Waals surface area contributed by atoms with E-state index in [2.05, 4.69) is 21.5 Å². The lowest BCUT2D eigenvalue weighted by Gasteiger charge is -2.08. The lowest BCUT2D eigenvalue weighted by molar-refractivity contribution is 0.921. The Labute approximate surface area is 119 Å². The maximum Gasteiger partial charge on any atom is 0.176 e. The second-order valence-corrected chi connectivity index (χ2v) is 6.01. The van der Waals surface area contributed by atoms with E-state index in [1.807, 2.05) is 18.2 Å². The van der Waals surface area contributed by atoms with Gasteiger partial charge in [0.25, 0.3) is 0 Å². The van der Waals surface area contributed by atoms with Gasteiger partial charge in [0.05, 0.1) is 5.52 Å². The molecule has 3 rings (SSSR count). The summed E-state index contributed by atoms with van der Waals surface area (Å²) in [6, 6.07) is 10.3. The van der Waals surface area contributed by atoms with Crippen molar-refractivity contribution < 1.29 is 0 Å². The summed E-state index contributed by atoms with van der Waals surface area (Å²) >= 11 is 2.93. The molecule has 3 aromatic rings. The average molecular weight is 288 g/mol. The van der Waals surface area contributed by atoms with Gasteiger partial charge in [0, 0.05) is 5.39 Å². The van der Waals surface area contributed by atoms with E-state index >= 15 is 0 Å². The van der Waals surface area contributed by atoms with Gasteiger partial charge in [-0.1, -0.05) is 18.2 Å². The smallest absolute Gasteiger partial charge is 0.176 e. The van der Waals surface area contributed by atoms with Crippen LogP contribution in [0.5, 0.6) is 0 Å². The van der Waals surface area contributed by atoms with Crippen molar-refractivity contribution in [2.24, 2.45) is 5.73 Å². The van der Waals surface area contributed by atoms with Crippen LogP contribution in [-0.4, -0.2) is 20.9 Å². The van der Waals surface area contributed by atoms with Crippen LogP contribution in [0.25, 0.3) is 10.9 Å². The van der Waals surface area contributed by atoms with Crippen molar-refractivity contribution in [2.45, 2.75) is 15.8 Å². The predicted molar refractivity (Wildman–Crippen MR) is 78.5 cm³/mol. The Balaban J connectivity index is 2.06. The van der Waals surface area contributed by atoms with Crippen molar-refractivity contribution in [1.82, 2.24) is 14.3 Å². The number of benzene rings is 1. The quantitative estimate of drug-likeness (QED) is 0.799. The van der Waals surface area contributed by atoms with Crippen LogP contribution in [0.1, 0.15) is 5.56 Å². The summed E-state index contributed by atoms with van der Waals surface area (Å²) in [5.41, 5.74) is 7.85. The Kier molecular flexibility index (Phi) is 3.72. The first-order valence-electron chi connectivity index (χ1n) is 5.90. The fourth-order valence-corrected chi connectivity index (χ4v) is 3.35. The molecule has 1 aromatic carbocycles. The van der Waals surface area contributed by atoms with E-state index in [4.69, 9.17) is 10.7 Å². The zero-order valence-electron chi connectivity index (χ0n) is 10.1. The number of hydrogen-bond donors (Lipinski definition) is 1. The van der Waals surface area contributed by atoms with Gasteiger partial charge in [-0.25, -0.2) is 9.97 Å². The molecule has 0 fully saturated rings. The first kappa shape index (κ1) is 12.5. The maximum absolute atomic E-state index is 5.68. The largest absolute Gasteiger partial charge is 0.330 e. The molecule has 19 heavy (non-hydrogen) atoms. The summed E-state index contributed by atoms with van der Waals surface area (Å²) in [4.78, 5) is 8.91. The summed E-state index contributed by atoms with van der Waals surface area (Å²) in [5, 5.41) is 2.12. The average Bonchev–Trinajstić information content (AvgIpc) is 2.93. The molecule has 0 saturated carbocycles. The number of nitrogens with zero attached hydrogens (tertiary/aromatic N) is 3. The third-order valence-electron chi connectivity index (χ3n) is 2.70. The molecule has 0 aliphatic heterocycles. The highest BCUT2D eigenvalue weighted by atomic mass is 32.2. The zero-order valence-corrected chi connectivity index (χ0v) is 11.7. The van der Waals surface area contributed by atoms with Gasteiger partial charge in [0.15, 0.2) is 4.34 Å². The fourth-order valence-electron chi connectivity index (χ4n) is 1.86. The summed E-state index contributed by atoms with van der Waals surface area (Å²) < 4.78 is 4.92. The minimum Gasteiger partial charge on any atom is -0.330 e. The van der Waals surface area contributed by atoms with Crippen molar-refractivity contribution >= 4 is 34.2 Å². The Morgan fingerprint density at radius 1 is 1.26 bits per heavy atom. The number of aromatic nitrogens is 3. The van der Waals surface area contributed by atoms with Crippen molar-refractivity contribution in [2.75, 3.05) is 6.54 Å². The van der Waals surface area contributed by atoms with Gasteiger partial charge in [-0.05, 0) is 54.0 Å². The van der Waals surface area contributed by atoms with E-state index in [0.29, 0.717) is 6.54 Å². The third kappa shape index (κ3) is 2.75. The number of hydrogen-bond acceptors (Lipinski definition) is 6. The van der Waals surface area contributed by atoms with E-state index in [0.717, 1.165) is 26.7 Å². The zero-order chi connectivity index (χ0) is 13.1. The van der Waals surface area contributed by atoms with Crippen molar-refractivity contribution in [3.63, 3.8) is 0 Å². The lowest BCUT2D eigenvalue weighted by atomic mass is 10.1. The Hall–Kier alpha value is -1.50. The highest BCUT2D eigenvalue weighted by molar-refractivity contribution is 8.00. The number of nitrogens with two attached hydrogens (primary N) is 1. The predicted octanol–water partition coefficient (Wildman–Crippen LogP) is 2.74. The SMILES string of the molecule is NCCc1cc2ccccc2nc1Sc1ncns1. The fraction of sp³-hybridized carbons (Fsp3) is 0.154. The van der Waals surface area contributed by atoms with Gasteiger partial charge in [0.2, 0.25) is 0 Å². The molecule has 0 aliphatic carbocycles. The van der Waals surface area contributed by atoms with Crippen LogP contribution >= 0.6 is 23.3 Å². The van der Waals surface area contributed by atoms with E-state index in [1.54, 1.807) is 18.1 Å². The second kappa shape index (κ2) is 5.64. The van der Waals surface area contributed by atoms with Crippen molar-refractivity contribution in [1.29, 1.82) is 0 Å². The molecule has 0 spiro atoms. The molecular formula is C13H12N4S2. The molecular weight excluding hydrogens is 276 g/mol. The molecule has 0 saturated heterocycles. The van der Waals surface area contributed by atoms with Crippen LogP contribution in [0, 0.1) is 0 Å². The Morgan fingerprint density at radius 2 is 2.16 bits per heavy atom. The van der Waals surface area contributed by atoms with Gasteiger partial charge in [0.1, 0.15) is 11.4 Å². The van der Waals surface area contributed by atoms with Crippen LogP contribution in [0.4, 0.5) is 0 Å². The summed E-state index contributed by atoms with van der Waals surface area (Å²) in [6.07, 6.45) is 2.38. The molecule has 96 valence electrons. The van der Waals surface area contributed by atoms with Crippen LogP contribution in [0.2, 0.25) is 0 Å². The first-order chi connectivity index (χ1) is 9.36. The number of fused-ring (bicyclic) bond motifs is 1. The van der Waals surface area contributed by atoms with Gasteiger partial charge in [-0.15, -0.1) is 0 Å². The van der Waals surface area contributed by atoms with E-state index in [9.17, 15) is 0 Å². The summed E-state index contributed by atoms with van der Waals surface area (Å²) in [7, 11) is 0. The highest BCUT2D eigenvalue weighted by Gasteiger charge is 2.10. The van der Waals surface area contributed by atoms with Crippen LogP contribution < -0.4 is 5.73 Å². The Morgan fingerprint density at radius 3 is 2.95 bits per heavy atom. The van der Waals surface area contributed by atoms with Crippen LogP contribution in [0.3, 0.4) is 0 Å². The normalized spacial score (nSPS) is 11.0. The standard InChI is InChI=1S/C13H12N4S2/c14-6-5-10-7-9-3-1-2-4-11(9)17-12(10)18-13-15-8-16-19-13/h1-4,7-8H,5-6,14H2. The number of rotatable bonds is 4. The van der Waals surface area contributed by atoms with Gasteiger partial charge in [-0.2, -0.15) is 4.37 Å². The highest BCUT2D eigenvalue weighted by Crippen LogP contribution is 2.31. The molecule has 0 amide bonds. The lowest BCUT2D eigenvalue weighted by Crippen LogP contribution is -2.04. The maximum atomic E-state index is 5.68.